The molecule has 3 heterocycles. The van der Waals surface area contributed by atoms with Gasteiger partial charge < -0.3 is 5.32 Å². The number of nitrogens with one attached hydrogen (secondary N) is 1. The standard InChI is InChI=1S/C21H16N4OS2/c26-20(17-8-3-6-14-5-1-2-7-16(14)17)22-11-10-15-13-28-21-23-19(24-25(15)21)18-9-4-12-27-18/h1-9,12-13H,10-11H2,(H,22,26). The van der Waals surface area contributed by atoms with Gasteiger partial charge in [0.2, 0.25) is 4.96 Å². The van der Waals surface area contributed by atoms with Gasteiger partial charge in [0.15, 0.2) is 5.82 Å². The van der Waals surface area contributed by atoms with E-state index < -0.39 is 0 Å². The smallest absolute Gasteiger partial charge is 0.251 e. The summed E-state index contributed by atoms with van der Waals surface area (Å²) in [4.78, 5) is 19.2. The minimum atomic E-state index is -0.0545. The zero-order valence-electron chi connectivity index (χ0n) is 14.8. The lowest BCUT2D eigenvalue weighted by Gasteiger charge is -2.07. The second kappa shape index (κ2) is 7.18. The lowest BCUT2D eigenvalue weighted by molar-refractivity contribution is 0.0955. The van der Waals surface area contributed by atoms with Crippen LogP contribution in [0.3, 0.4) is 0 Å². The number of hydrogen-bond acceptors (Lipinski definition) is 5. The maximum absolute atomic E-state index is 12.7. The van der Waals surface area contributed by atoms with Crippen LogP contribution in [-0.4, -0.2) is 27.0 Å². The number of thiazole rings is 1. The quantitative estimate of drug-likeness (QED) is 0.464. The van der Waals surface area contributed by atoms with Crippen LogP contribution in [0.15, 0.2) is 65.4 Å². The van der Waals surface area contributed by atoms with E-state index in [1.165, 1.54) is 0 Å². The molecule has 5 aromatic rings. The van der Waals surface area contributed by atoms with Crippen LogP contribution in [0.2, 0.25) is 0 Å². The molecule has 0 aliphatic carbocycles. The summed E-state index contributed by atoms with van der Waals surface area (Å²) in [5.41, 5.74) is 1.75. The van der Waals surface area contributed by atoms with Crippen LogP contribution in [0, 0.1) is 0 Å². The van der Waals surface area contributed by atoms with E-state index in [1.54, 1.807) is 22.7 Å². The summed E-state index contributed by atoms with van der Waals surface area (Å²) in [5.74, 6) is 0.698. The summed E-state index contributed by atoms with van der Waals surface area (Å²) < 4.78 is 1.88. The molecule has 0 saturated carbocycles. The highest BCUT2D eigenvalue weighted by Gasteiger charge is 2.13. The average Bonchev–Trinajstić information content (AvgIpc) is 3.45. The largest absolute Gasteiger partial charge is 0.352 e. The van der Waals surface area contributed by atoms with Crippen LogP contribution in [-0.2, 0) is 6.42 Å². The highest BCUT2D eigenvalue weighted by Crippen LogP contribution is 2.24. The van der Waals surface area contributed by atoms with Gasteiger partial charge in [0.1, 0.15) is 0 Å². The summed E-state index contributed by atoms with van der Waals surface area (Å²) in [7, 11) is 0. The van der Waals surface area contributed by atoms with Crippen molar-refractivity contribution in [3.8, 4) is 10.7 Å². The lowest BCUT2D eigenvalue weighted by Crippen LogP contribution is -2.26. The molecule has 0 radical (unpaired) electrons. The van der Waals surface area contributed by atoms with E-state index in [1.807, 2.05) is 64.5 Å². The topological polar surface area (TPSA) is 59.3 Å². The predicted octanol–water partition coefficient (Wildman–Crippen LogP) is 4.65. The van der Waals surface area contributed by atoms with Crippen molar-refractivity contribution in [2.24, 2.45) is 0 Å². The van der Waals surface area contributed by atoms with E-state index in [-0.39, 0.29) is 5.91 Å². The van der Waals surface area contributed by atoms with Crippen LogP contribution in [0.4, 0.5) is 0 Å². The van der Waals surface area contributed by atoms with Gasteiger partial charge in [-0.1, -0.05) is 42.5 Å². The Balaban J connectivity index is 1.31. The predicted molar refractivity (Wildman–Crippen MR) is 114 cm³/mol. The normalized spacial score (nSPS) is 11.3. The number of hydrogen-bond donors (Lipinski definition) is 1. The molecule has 3 aromatic heterocycles. The molecule has 5 rings (SSSR count). The molecule has 0 spiro atoms. The summed E-state index contributed by atoms with van der Waals surface area (Å²) in [6, 6.07) is 17.8. The van der Waals surface area contributed by atoms with E-state index in [0.717, 1.165) is 32.1 Å². The Kier molecular flexibility index (Phi) is 4.38. The Hall–Kier alpha value is -3.03. The number of nitrogens with zero attached hydrogens (tertiary/aromatic N) is 3. The number of carbonyl (C=O) groups is 1. The number of benzene rings is 2. The number of fused-ring (bicyclic) bond motifs is 2. The second-order valence-electron chi connectivity index (χ2n) is 6.37. The first kappa shape index (κ1) is 17.1. The first-order valence-corrected chi connectivity index (χ1v) is 10.7. The number of rotatable bonds is 5. The van der Waals surface area contributed by atoms with Gasteiger partial charge in [-0.15, -0.1) is 27.8 Å². The lowest BCUT2D eigenvalue weighted by atomic mass is 10.0. The Morgan fingerprint density at radius 3 is 2.82 bits per heavy atom. The molecule has 5 nitrogen and oxygen atoms in total. The molecule has 138 valence electrons. The van der Waals surface area contributed by atoms with Crippen molar-refractivity contribution in [1.29, 1.82) is 0 Å². The van der Waals surface area contributed by atoms with E-state index >= 15 is 0 Å². The van der Waals surface area contributed by atoms with Crippen molar-refractivity contribution in [2.75, 3.05) is 6.54 Å². The van der Waals surface area contributed by atoms with Crippen molar-refractivity contribution >= 4 is 44.3 Å². The molecule has 0 fully saturated rings. The van der Waals surface area contributed by atoms with Crippen LogP contribution in [0.5, 0.6) is 0 Å². The first-order chi connectivity index (χ1) is 13.8. The Morgan fingerprint density at radius 2 is 1.93 bits per heavy atom. The van der Waals surface area contributed by atoms with Crippen LogP contribution >= 0.6 is 22.7 Å². The number of thiophene rings is 1. The molecule has 2 aromatic carbocycles. The Labute approximate surface area is 169 Å². The molecule has 0 unspecified atom stereocenters. The van der Waals surface area contributed by atoms with Gasteiger partial charge in [0, 0.05) is 23.9 Å². The van der Waals surface area contributed by atoms with Crippen LogP contribution < -0.4 is 5.32 Å². The van der Waals surface area contributed by atoms with Crippen molar-refractivity contribution in [3.63, 3.8) is 0 Å². The van der Waals surface area contributed by atoms with Gasteiger partial charge in [-0.2, -0.15) is 4.98 Å². The Bertz CT molecular complexity index is 1270. The zero-order valence-corrected chi connectivity index (χ0v) is 16.5. The maximum Gasteiger partial charge on any atom is 0.251 e. The Morgan fingerprint density at radius 1 is 1.04 bits per heavy atom. The molecular weight excluding hydrogens is 388 g/mol. The van der Waals surface area contributed by atoms with E-state index in [4.69, 9.17) is 0 Å². The van der Waals surface area contributed by atoms with Gasteiger partial charge >= 0.3 is 0 Å². The molecule has 1 N–H and O–H groups in total. The van der Waals surface area contributed by atoms with Crippen LogP contribution in [0.25, 0.3) is 26.4 Å². The van der Waals surface area contributed by atoms with Gasteiger partial charge in [-0.3, -0.25) is 4.79 Å². The minimum absolute atomic E-state index is 0.0545. The van der Waals surface area contributed by atoms with E-state index in [0.29, 0.717) is 18.5 Å². The number of carbonyl (C=O) groups excluding carboxylic acids is 1. The summed E-state index contributed by atoms with van der Waals surface area (Å²) in [6.45, 7) is 0.544. The van der Waals surface area contributed by atoms with Crippen molar-refractivity contribution < 1.29 is 4.79 Å². The fourth-order valence-corrected chi connectivity index (χ4v) is 4.74. The summed E-state index contributed by atoms with van der Waals surface area (Å²) in [5, 5.41) is 13.8. The maximum atomic E-state index is 12.7. The third kappa shape index (κ3) is 3.08. The van der Waals surface area contributed by atoms with E-state index in [9.17, 15) is 4.79 Å². The first-order valence-electron chi connectivity index (χ1n) is 8.92. The molecule has 0 saturated heterocycles. The molecule has 0 aliphatic rings. The molecule has 7 heteroatoms. The fraction of sp³-hybridized carbons (Fsp3) is 0.0952. The SMILES string of the molecule is O=C(NCCc1csc2nc(-c3cccs3)nn12)c1cccc2ccccc12. The van der Waals surface area contributed by atoms with Gasteiger partial charge in [0.25, 0.3) is 5.91 Å². The van der Waals surface area contributed by atoms with Gasteiger partial charge in [-0.05, 0) is 28.3 Å². The number of amides is 1. The third-order valence-electron chi connectivity index (χ3n) is 4.59. The van der Waals surface area contributed by atoms with E-state index in [2.05, 4.69) is 20.8 Å². The highest BCUT2D eigenvalue weighted by atomic mass is 32.1. The minimum Gasteiger partial charge on any atom is -0.352 e. The summed E-state index contributed by atoms with van der Waals surface area (Å²) in [6.07, 6.45) is 0.698. The molecule has 1 amide bonds. The van der Waals surface area contributed by atoms with Crippen molar-refractivity contribution in [2.45, 2.75) is 6.42 Å². The fourth-order valence-electron chi connectivity index (χ4n) is 3.23. The van der Waals surface area contributed by atoms with Crippen LogP contribution in [0.1, 0.15) is 16.1 Å². The van der Waals surface area contributed by atoms with Crippen molar-refractivity contribution in [1.82, 2.24) is 19.9 Å². The molecule has 0 atom stereocenters. The average molecular weight is 405 g/mol. The molecular formula is C21H16N4OS2. The molecule has 28 heavy (non-hydrogen) atoms. The highest BCUT2D eigenvalue weighted by molar-refractivity contribution is 7.15. The molecule has 0 bridgehead atoms. The number of aromatic nitrogens is 3. The summed E-state index contributed by atoms with van der Waals surface area (Å²) >= 11 is 3.20. The monoisotopic (exact) mass is 404 g/mol. The third-order valence-corrected chi connectivity index (χ3v) is 6.32. The zero-order chi connectivity index (χ0) is 18.9. The second-order valence-corrected chi connectivity index (χ2v) is 8.15. The van der Waals surface area contributed by atoms with Crippen molar-refractivity contribution in [3.05, 3.63) is 76.6 Å². The van der Waals surface area contributed by atoms with Gasteiger partial charge in [-0.25, -0.2) is 4.52 Å². The van der Waals surface area contributed by atoms with Gasteiger partial charge in [0.05, 0.1) is 10.6 Å². The molecule has 0 aliphatic heterocycles.